The second kappa shape index (κ2) is 6.39. The summed E-state index contributed by atoms with van der Waals surface area (Å²) in [5.74, 6) is 2.16. The fourth-order valence-corrected chi connectivity index (χ4v) is 3.21. The van der Waals surface area contributed by atoms with Gasteiger partial charge in [0.1, 0.15) is 0 Å². The van der Waals surface area contributed by atoms with E-state index >= 15 is 0 Å². The summed E-state index contributed by atoms with van der Waals surface area (Å²) in [6, 6.07) is 8.66. The maximum atomic E-state index is 5.44. The summed E-state index contributed by atoms with van der Waals surface area (Å²) in [5, 5.41) is 7.54. The Morgan fingerprint density at radius 2 is 1.95 bits per heavy atom. The van der Waals surface area contributed by atoms with Crippen LogP contribution in [0, 0.1) is 12.8 Å². The molecule has 4 heteroatoms. The molecule has 2 aromatic rings. The molecule has 0 saturated heterocycles. The maximum absolute atomic E-state index is 5.44. The predicted molar refractivity (Wildman–Crippen MR) is 83.0 cm³/mol. The summed E-state index contributed by atoms with van der Waals surface area (Å²) in [7, 11) is 2.03. The number of nitrogens with one attached hydrogen (secondary N) is 1. The summed E-state index contributed by atoms with van der Waals surface area (Å²) in [6.45, 7) is 2.07. The van der Waals surface area contributed by atoms with Gasteiger partial charge in [-0.15, -0.1) is 0 Å². The van der Waals surface area contributed by atoms with E-state index in [0.29, 0.717) is 11.9 Å². The van der Waals surface area contributed by atoms with E-state index in [1.807, 2.05) is 19.2 Å². The van der Waals surface area contributed by atoms with Gasteiger partial charge in [0.25, 0.3) is 0 Å². The molecule has 112 valence electrons. The highest BCUT2D eigenvalue weighted by Gasteiger charge is 2.25. The van der Waals surface area contributed by atoms with Gasteiger partial charge in [-0.3, -0.25) is 0 Å². The van der Waals surface area contributed by atoms with Crippen LogP contribution in [0.15, 0.2) is 28.8 Å². The first-order valence-corrected chi connectivity index (χ1v) is 7.83. The first kappa shape index (κ1) is 14.3. The van der Waals surface area contributed by atoms with Crippen LogP contribution >= 0.6 is 0 Å². The molecule has 1 fully saturated rings. The zero-order valence-electron chi connectivity index (χ0n) is 12.8. The molecule has 1 aliphatic rings. The van der Waals surface area contributed by atoms with Crippen molar-refractivity contribution in [2.24, 2.45) is 5.92 Å². The van der Waals surface area contributed by atoms with Crippen LogP contribution < -0.4 is 5.32 Å². The van der Waals surface area contributed by atoms with E-state index in [4.69, 9.17) is 4.52 Å². The lowest BCUT2D eigenvalue weighted by molar-refractivity contribution is 0.318. The molecule has 0 bridgehead atoms. The Morgan fingerprint density at radius 3 is 2.62 bits per heavy atom. The number of rotatable bonds is 5. The van der Waals surface area contributed by atoms with E-state index in [9.17, 15) is 0 Å². The Balaban J connectivity index is 1.70. The van der Waals surface area contributed by atoms with Gasteiger partial charge in [0.05, 0.1) is 0 Å². The summed E-state index contributed by atoms with van der Waals surface area (Å²) in [4.78, 5) is 4.55. The van der Waals surface area contributed by atoms with Gasteiger partial charge in [-0.1, -0.05) is 47.8 Å². The largest absolute Gasteiger partial charge is 0.339 e. The van der Waals surface area contributed by atoms with Crippen molar-refractivity contribution in [1.82, 2.24) is 15.5 Å². The molecule has 1 aromatic carbocycles. The summed E-state index contributed by atoms with van der Waals surface area (Å²) in [5.41, 5.74) is 2.25. The molecule has 0 spiro atoms. The SMILES string of the molecule is CNC(Cc1nc(-c2ccc(C)cc2)no1)C1CCCC1. The average Bonchev–Trinajstić information content (AvgIpc) is 3.17. The molecule has 1 N–H and O–H groups in total. The van der Waals surface area contributed by atoms with E-state index in [-0.39, 0.29) is 0 Å². The molecule has 3 rings (SSSR count). The molecule has 1 atom stereocenters. The highest BCUT2D eigenvalue weighted by Crippen LogP contribution is 2.29. The van der Waals surface area contributed by atoms with Crippen LogP contribution in [0.25, 0.3) is 11.4 Å². The van der Waals surface area contributed by atoms with Crippen molar-refractivity contribution in [2.45, 2.75) is 45.1 Å². The smallest absolute Gasteiger partial charge is 0.228 e. The molecule has 1 unspecified atom stereocenters. The predicted octanol–water partition coefficient (Wildman–Crippen LogP) is 3.37. The topological polar surface area (TPSA) is 51.0 Å². The number of aryl methyl sites for hydroxylation is 1. The normalized spacial score (nSPS) is 17.2. The van der Waals surface area contributed by atoms with Crippen molar-refractivity contribution >= 4 is 0 Å². The molecule has 1 saturated carbocycles. The summed E-state index contributed by atoms with van der Waals surface area (Å²) in [6.07, 6.45) is 6.14. The molecule has 0 radical (unpaired) electrons. The quantitative estimate of drug-likeness (QED) is 0.915. The fraction of sp³-hybridized carbons (Fsp3) is 0.529. The molecule has 0 aliphatic heterocycles. The van der Waals surface area contributed by atoms with Crippen LogP contribution in [0.4, 0.5) is 0 Å². The average molecular weight is 285 g/mol. The van der Waals surface area contributed by atoms with Crippen molar-refractivity contribution < 1.29 is 4.52 Å². The Hall–Kier alpha value is -1.68. The molecular formula is C17H23N3O. The summed E-state index contributed by atoms with van der Waals surface area (Å²) < 4.78 is 5.44. The van der Waals surface area contributed by atoms with Crippen LogP contribution in [0.1, 0.15) is 37.1 Å². The lowest BCUT2D eigenvalue weighted by Gasteiger charge is -2.20. The number of hydrogen-bond acceptors (Lipinski definition) is 4. The summed E-state index contributed by atoms with van der Waals surface area (Å²) >= 11 is 0. The van der Waals surface area contributed by atoms with E-state index in [0.717, 1.165) is 23.8 Å². The second-order valence-corrected chi connectivity index (χ2v) is 6.02. The van der Waals surface area contributed by atoms with Crippen LogP contribution in [0.5, 0.6) is 0 Å². The minimum atomic E-state index is 0.443. The third-order valence-electron chi connectivity index (χ3n) is 4.51. The minimum Gasteiger partial charge on any atom is -0.339 e. The van der Waals surface area contributed by atoms with E-state index in [1.54, 1.807) is 0 Å². The maximum Gasteiger partial charge on any atom is 0.228 e. The van der Waals surface area contributed by atoms with Gasteiger partial charge in [-0.25, -0.2) is 0 Å². The Labute approximate surface area is 126 Å². The highest BCUT2D eigenvalue weighted by molar-refractivity contribution is 5.54. The Bertz CT molecular complexity index is 570. The monoisotopic (exact) mass is 285 g/mol. The van der Waals surface area contributed by atoms with Gasteiger partial charge in [0, 0.05) is 18.0 Å². The Morgan fingerprint density at radius 1 is 1.24 bits per heavy atom. The third kappa shape index (κ3) is 3.32. The van der Waals surface area contributed by atoms with Crippen LogP contribution in [0.2, 0.25) is 0 Å². The van der Waals surface area contributed by atoms with Crippen molar-refractivity contribution in [3.05, 3.63) is 35.7 Å². The lowest BCUT2D eigenvalue weighted by Crippen LogP contribution is -2.34. The zero-order valence-corrected chi connectivity index (χ0v) is 12.8. The van der Waals surface area contributed by atoms with Crippen LogP contribution in [0.3, 0.4) is 0 Å². The number of likely N-dealkylation sites (N-methyl/N-ethyl adjacent to an activating group) is 1. The minimum absolute atomic E-state index is 0.443. The molecule has 1 heterocycles. The van der Waals surface area contributed by atoms with Crippen molar-refractivity contribution in [3.63, 3.8) is 0 Å². The van der Waals surface area contributed by atoms with Gasteiger partial charge in [0.2, 0.25) is 11.7 Å². The lowest BCUT2D eigenvalue weighted by atomic mass is 9.95. The van der Waals surface area contributed by atoms with Gasteiger partial charge in [-0.05, 0) is 32.7 Å². The molecule has 1 aliphatic carbocycles. The fourth-order valence-electron chi connectivity index (χ4n) is 3.21. The van der Waals surface area contributed by atoms with Gasteiger partial charge in [-0.2, -0.15) is 4.98 Å². The highest BCUT2D eigenvalue weighted by atomic mass is 16.5. The van der Waals surface area contributed by atoms with E-state index < -0.39 is 0 Å². The third-order valence-corrected chi connectivity index (χ3v) is 4.51. The van der Waals surface area contributed by atoms with Gasteiger partial charge < -0.3 is 9.84 Å². The molecular weight excluding hydrogens is 262 g/mol. The molecule has 4 nitrogen and oxygen atoms in total. The number of hydrogen-bond donors (Lipinski definition) is 1. The van der Waals surface area contributed by atoms with Crippen LogP contribution in [-0.2, 0) is 6.42 Å². The first-order chi connectivity index (χ1) is 10.3. The first-order valence-electron chi connectivity index (χ1n) is 7.83. The van der Waals surface area contributed by atoms with E-state index in [1.165, 1.54) is 31.2 Å². The zero-order chi connectivity index (χ0) is 14.7. The standard InChI is InChI=1S/C17H23N3O/c1-12-7-9-14(10-8-12)17-19-16(21-20-17)11-15(18-2)13-5-3-4-6-13/h7-10,13,15,18H,3-6,11H2,1-2H3. The van der Waals surface area contributed by atoms with Crippen molar-refractivity contribution in [2.75, 3.05) is 7.05 Å². The van der Waals surface area contributed by atoms with Gasteiger partial charge >= 0.3 is 0 Å². The molecule has 0 amide bonds. The molecule has 1 aromatic heterocycles. The van der Waals surface area contributed by atoms with Crippen molar-refractivity contribution in [1.29, 1.82) is 0 Å². The number of aromatic nitrogens is 2. The van der Waals surface area contributed by atoms with E-state index in [2.05, 4.69) is 34.5 Å². The Kier molecular flexibility index (Phi) is 4.34. The van der Waals surface area contributed by atoms with Gasteiger partial charge in [0.15, 0.2) is 0 Å². The van der Waals surface area contributed by atoms with Crippen LogP contribution in [-0.4, -0.2) is 23.2 Å². The van der Waals surface area contributed by atoms with Crippen molar-refractivity contribution in [3.8, 4) is 11.4 Å². The molecule has 21 heavy (non-hydrogen) atoms. The number of benzene rings is 1. The number of nitrogens with zero attached hydrogens (tertiary/aromatic N) is 2. The second-order valence-electron chi connectivity index (χ2n) is 6.02.